The van der Waals surface area contributed by atoms with Crippen molar-refractivity contribution in [3.8, 4) is 6.07 Å². The highest BCUT2D eigenvalue weighted by atomic mass is 35.5. The lowest BCUT2D eigenvalue weighted by molar-refractivity contribution is -0.116. The number of carbonyl (C=O) groups excluding carboxylic acids is 1. The Bertz CT molecular complexity index is 1590. The Hall–Kier alpha value is -3.60. The molecular weight excluding hydrogens is 536 g/mol. The number of carbonyl (C=O) groups is 1. The van der Waals surface area contributed by atoms with E-state index in [1.54, 1.807) is 34.9 Å². The Morgan fingerprint density at radius 3 is 2.54 bits per heavy atom. The molecule has 0 saturated heterocycles. The largest absolute Gasteiger partial charge is 0.384 e. The number of thioether (sulfide) groups is 1. The summed E-state index contributed by atoms with van der Waals surface area (Å²) in [6.45, 7) is 3.99. The summed E-state index contributed by atoms with van der Waals surface area (Å²) in [6, 6.07) is 17.1. The van der Waals surface area contributed by atoms with Gasteiger partial charge in [-0.05, 0) is 85.8 Å². The van der Waals surface area contributed by atoms with Crippen molar-refractivity contribution in [2.24, 2.45) is 5.73 Å². The molecule has 8 heteroatoms. The summed E-state index contributed by atoms with van der Waals surface area (Å²) in [6.07, 6.45) is 1.62. The summed E-state index contributed by atoms with van der Waals surface area (Å²) in [5.41, 5.74) is 12.6. The number of hydrogen-bond donors (Lipinski definition) is 1. The third-order valence-corrected chi connectivity index (χ3v) is 8.64. The van der Waals surface area contributed by atoms with Crippen molar-refractivity contribution in [3.63, 3.8) is 0 Å². The fourth-order valence-electron chi connectivity index (χ4n) is 5.42. The molecular formula is C31H26ClF2N3OS. The zero-order valence-electron chi connectivity index (χ0n) is 21.5. The monoisotopic (exact) mass is 561 g/mol. The summed E-state index contributed by atoms with van der Waals surface area (Å²) in [5, 5.41) is 10.3. The number of allylic oxidation sites excluding steroid dienone is 3. The summed E-state index contributed by atoms with van der Waals surface area (Å²) in [7, 11) is 0. The number of hydrogen-bond acceptors (Lipinski definition) is 5. The molecule has 0 fully saturated rings. The van der Waals surface area contributed by atoms with Gasteiger partial charge in [0, 0.05) is 34.0 Å². The molecule has 0 amide bonds. The number of Topliss-reactive ketones (excluding diaryl/α,β-unsaturated/α-hetero) is 1. The molecule has 39 heavy (non-hydrogen) atoms. The second-order valence-electron chi connectivity index (χ2n) is 9.80. The number of ketones is 1. The molecule has 3 aromatic carbocycles. The normalized spacial score (nSPS) is 17.4. The molecule has 1 aliphatic carbocycles. The summed E-state index contributed by atoms with van der Waals surface area (Å²) >= 11 is 7.68. The molecule has 1 heterocycles. The van der Waals surface area contributed by atoms with Crippen LogP contribution in [-0.4, -0.2) is 5.78 Å². The highest BCUT2D eigenvalue weighted by molar-refractivity contribution is 7.98. The number of nitriles is 1. The molecule has 0 bridgehead atoms. The maximum atomic E-state index is 14.0. The number of halogens is 3. The van der Waals surface area contributed by atoms with Gasteiger partial charge in [-0.2, -0.15) is 5.26 Å². The van der Waals surface area contributed by atoms with Crippen LogP contribution in [0.4, 0.5) is 14.5 Å². The molecule has 3 aromatic rings. The molecule has 0 aromatic heterocycles. The zero-order valence-corrected chi connectivity index (χ0v) is 23.1. The Labute approximate surface area is 235 Å². The molecule has 0 spiro atoms. The summed E-state index contributed by atoms with van der Waals surface area (Å²) < 4.78 is 27.3. The van der Waals surface area contributed by atoms with E-state index in [-0.39, 0.29) is 28.0 Å². The average molecular weight is 562 g/mol. The van der Waals surface area contributed by atoms with Crippen LogP contribution >= 0.6 is 23.4 Å². The third kappa shape index (κ3) is 5.07. The molecule has 4 nitrogen and oxygen atoms in total. The minimum atomic E-state index is -0.612. The fourth-order valence-corrected chi connectivity index (χ4v) is 6.55. The number of benzene rings is 3. The van der Waals surface area contributed by atoms with E-state index in [2.05, 4.69) is 12.1 Å². The molecule has 0 saturated carbocycles. The van der Waals surface area contributed by atoms with Crippen LogP contribution in [0.1, 0.15) is 47.4 Å². The summed E-state index contributed by atoms with van der Waals surface area (Å²) in [5.74, 6) is -0.630. The van der Waals surface area contributed by atoms with Gasteiger partial charge < -0.3 is 5.73 Å². The highest BCUT2D eigenvalue weighted by Gasteiger charge is 2.41. The average Bonchev–Trinajstić information content (AvgIpc) is 2.91. The van der Waals surface area contributed by atoms with Gasteiger partial charge in [0.05, 0.1) is 22.6 Å². The maximum absolute atomic E-state index is 14.0. The van der Waals surface area contributed by atoms with E-state index >= 15 is 0 Å². The van der Waals surface area contributed by atoms with E-state index in [0.29, 0.717) is 36.3 Å². The first-order chi connectivity index (χ1) is 18.7. The predicted octanol–water partition coefficient (Wildman–Crippen LogP) is 7.83. The van der Waals surface area contributed by atoms with Crippen LogP contribution in [0.5, 0.6) is 0 Å². The number of rotatable bonds is 5. The van der Waals surface area contributed by atoms with E-state index in [9.17, 15) is 18.8 Å². The topological polar surface area (TPSA) is 70.1 Å². The first kappa shape index (κ1) is 27.0. The van der Waals surface area contributed by atoms with Gasteiger partial charge in [-0.25, -0.2) is 8.78 Å². The number of aryl methyl sites for hydroxylation is 1. The van der Waals surface area contributed by atoms with Crippen molar-refractivity contribution in [2.45, 2.75) is 49.7 Å². The number of nitrogens with two attached hydrogens (primary N) is 1. The van der Waals surface area contributed by atoms with Crippen LogP contribution in [0.3, 0.4) is 0 Å². The lowest BCUT2D eigenvalue weighted by atomic mass is 9.73. The van der Waals surface area contributed by atoms with E-state index in [1.165, 1.54) is 24.3 Å². The first-order valence-corrected chi connectivity index (χ1v) is 14.0. The first-order valence-electron chi connectivity index (χ1n) is 12.6. The van der Waals surface area contributed by atoms with Crippen molar-refractivity contribution >= 4 is 34.8 Å². The van der Waals surface area contributed by atoms with Gasteiger partial charge in [0.1, 0.15) is 17.5 Å². The van der Waals surface area contributed by atoms with Crippen LogP contribution < -0.4 is 10.6 Å². The SMILES string of the molecule is Cc1cc(CSc2ccc(F)cc2)c(C)c(C2C(C#N)=C(N)N(c3ccc(F)c(Cl)c3)C3=C2C(=O)CCC3)c1. The van der Waals surface area contributed by atoms with Gasteiger partial charge in [-0.15, -0.1) is 11.8 Å². The van der Waals surface area contributed by atoms with Gasteiger partial charge >= 0.3 is 0 Å². The van der Waals surface area contributed by atoms with E-state index in [0.717, 1.165) is 32.8 Å². The molecule has 1 aliphatic heterocycles. The Morgan fingerprint density at radius 1 is 1.10 bits per heavy atom. The highest BCUT2D eigenvalue weighted by Crippen LogP contribution is 2.48. The minimum Gasteiger partial charge on any atom is -0.384 e. The van der Waals surface area contributed by atoms with E-state index < -0.39 is 11.7 Å². The molecule has 0 radical (unpaired) electrons. The Morgan fingerprint density at radius 2 is 1.85 bits per heavy atom. The van der Waals surface area contributed by atoms with Crippen molar-refractivity contribution < 1.29 is 13.6 Å². The Kier molecular flexibility index (Phi) is 7.53. The van der Waals surface area contributed by atoms with Gasteiger partial charge in [0.15, 0.2) is 5.78 Å². The van der Waals surface area contributed by atoms with Crippen molar-refractivity contribution in [3.05, 3.63) is 116 Å². The van der Waals surface area contributed by atoms with Crippen molar-refractivity contribution in [1.82, 2.24) is 0 Å². The second-order valence-corrected chi connectivity index (χ2v) is 11.3. The van der Waals surface area contributed by atoms with Crippen LogP contribution in [-0.2, 0) is 10.5 Å². The number of nitrogens with zero attached hydrogens (tertiary/aromatic N) is 2. The molecule has 5 rings (SSSR count). The van der Waals surface area contributed by atoms with Crippen LogP contribution in [0, 0.1) is 36.8 Å². The lowest BCUT2D eigenvalue weighted by Crippen LogP contribution is -2.39. The van der Waals surface area contributed by atoms with Gasteiger partial charge in [-0.1, -0.05) is 29.3 Å². The zero-order chi connectivity index (χ0) is 27.8. The van der Waals surface area contributed by atoms with Crippen LogP contribution in [0.2, 0.25) is 5.02 Å². The standard InChI is InChI=1S/C31H26ClF2N3OS/c1-17-12-19(16-39-22-9-6-20(33)7-10-22)18(2)23(13-17)29-24(15-35)31(36)37(21-8-11-26(34)25(32)14-21)27-4-3-5-28(38)30(27)29/h6-14,29H,3-5,16,36H2,1-2H3. The second kappa shape index (κ2) is 10.9. The molecule has 2 aliphatic rings. The van der Waals surface area contributed by atoms with Crippen molar-refractivity contribution in [1.29, 1.82) is 5.26 Å². The minimum absolute atomic E-state index is 0.0251. The smallest absolute Gasteiger partial charge is 0.161 e. The fraction of sp³-hybridized carbons (Fsp3) is 0.226. The maximum Gasteiger partial charge on any atom is 0.161 e. The predicted molar refractivity (Wildman–Crippen MR) is 151 cm³/mol. The molecule has 2 N–H and O–H groups in total. The lowest BCUT2D eigenvalue weighted by Gasteiger charge is -2.40. The third-order valence-electron chi connectivity index (χ3n) is 7.29. The molecule has 1 atom stereocenters. The van der Waals surface area contributed by atoms with Crippen LogP contribution in [0.25, 0.3) is 0 Å². The van der Waals surface area contributed by atoms with Gasteiger partial charge in [0.25, 0.3) is 0 Å². The molecule has 198 valence electrons. The van der Waals surface area contributed by atoms with E-state index in [4.69, 9.17) is 17.3 Å². The van der Waals surface area contributed by atoms with E-state index in [1.807, 2.05) is 19.9 Å². The summed E-state index contributed by atoms with van der Waals surface area (Å²) in [4.78, 5) is 16.1. The number of anilines is 1. The van der Waals surface area contributed by atoms with Crippen molar-refractivity contribution in [2.75, 3.05) is 4.90 Å². The quantitative estimate of drug-likeness (QED) is 0.321. The van der Waals surface area contributed by atoms with Gasteiger partial charge in [0.2, 0.25) is 0 Å². The van der Waals surface area contributed by atoms with Crippen LogP contribution in [0.15, 0.2) is 82.2 Å². The van der Waals surface area contributed by atoms with Gasteiger partial charge in [-0.3, -0.25) is 9.69 Å². The Balaban J connectivity index is 1.63. The molecule has 1 unspecified atom stereocenters.